The minimum Gasteiger partial charge on any atom is -0.352 e. The van der Waals surface area contributed by atoms with Gasteiger partial charge in [-0.3, -0.25) is 0 Å². The first-order valence-corrected chi connectivity index (χ1v) is 7.23. The molecule has 1 unspecified atom stereocenters. The van der Waals surface area contributed by atoms with Crippen LogP contribution in [0.4, 0.5) is 10.2 Å². The molecule has 1 aliphatic rings. The summed E-state index contributed by atoms with van der Waals surface area (Å²) in [5, 5.41) is 3.78. The first kappa shape index (κ1) is 14.5. The first-order valence-electron chi connectivity index (χ1n) is 6.85. The minimum atomic E-state index is -0.342. The molecule has 19 heavy (non-hydrogen) atoms. The third-order valence-corrected chi connectivity index (χ3v) is 3.48. The Morgan fingerprint density at radius 2 is 2.37 bits per heavy atom. The van der Waals surface area contributed by atoms with Crippen molar-refractivity contribution >= 4 is 17.4 Å². The van der Waals surface area contributed by atoms with Gasteiger partial charge in [-0.1, -0.05) is 25.4 Å². The number of anilines is 1. The second-order valence-corrected chi connectivity index (χ2v) is 5.99. The molecule has 1 atom stereocenters. The van der Waals surface area contributed by atoms with Crippen LogP contribution in [0, 0.1) is 11.7 Å². The summed E-state index contributed by atoms with van der Waals surface area (Å²) in [5.74, 6) is 0.524. The van der Waals surface area contributed by atoms with Crippen molar-refractivity contribution in [3.63, 3.8) is 0 Å². The Labute approximate surface area is 119 Å². The third-order valence-electron chi connectivity index (χ3n) is 3.28. The number of hydrogen-bond donors (Lipinski definition) is 1. The minimum absolute atomic E-state index is 0.338. The van der Waals surface area contributed by atoms with E-state index in [2.05, 4.69) is 24.1 Å². The van der Waals surface area contributed by atoms with Crippen molar-refractivity contribution in [2.75, 3.05) is 24.5 Å². The maximum atomic E-state index is 14.0. The van der Waals surface area contributed by atoms with Gasteiger partial charge in [0.05, 0.1) is 5.02 Å². The zero-order chi connectivity index (χ0) is 13.8. The van der Waals surface area contributed by atoms with Crippen LogP contribution in [0.2, 0.25) is 5.02 Å². The molecule has 1 N–H and O–H groups in total. The van der Waals surface area contributed by atoms with Crippen LogP contribution in [-0.2, 0) is 0 Å². The van der Waals surface area contributed by atoms with E-state index in [0.717, 1.165) is 26.1 Å². The van der Waals surface area contributed by atoms with Crippen molar-refractivity contribution in [2.45, 2.75) is 32.7 Å². The lowest BCUT2D eigenvalue weighted by atomic mass is 10.1. The summed E-state index contributed by atoms with van der Waals surface area (Å²) in [6.45, 7) is 6.90. The van der Waals surface area contributed by atoms with Gasteiger partial charge in [0.2, 0.25) is 0 Å². The second kappa shape index (κ2) is 6.53. The van der Waals surface area contributed by atoms with Gasteiger partial charge in [0.15, 0.2) is 11.6 Å². The molecule has 0 amide bonds. The zero-order valence-corrected chi connectivity index (χ0v) is 12.3. The second-order valence-electron chi connectivity index (χ2n) is 5.55. The molecular formula is C14H21ClFN3. The van der Waals surface area contributed by atoms with Crippen LogP contribution in [0.5, 0.6) is 0 Å². The average Bonchev–Trinajstić information content (AvgIpc) is 2.80. The summed E-state index contributed by atoms with van der Waals surface area (Å²) in [7, 11) is 0. The molecule has 2 heterocycles. The lowest BCUT2D eigenvalue weighted by molar-refractivity contribution is 0.524. The van der Waals surface area contributed by atoms with Crippen molar-refractivity contribution in [1.29, 1.82) is 0 Å². The smallest absolute Gasteiger partial charge is 0.167 e. The van der Waals surface area contributed by atoms with Gasteiger partial charge in [0, 0.05) is 25.3 Å². The van der Waals surface area contributed by atoms with Gasteiger partial charge in [-0.05, 0) is 31.4 Å². The summed E-state index contributed by atoms with van der Waals surface area (Å²) in [4.78, 5) is 6.19. The number of halogens is 2. The van der Waals surface area contributed by atoms with Crippen molar-refractivity contribution in [2.24, 2.45) is 5.92 Å². The van der Waals surface area contributed by atoms with Crippen LogP contribution in [0.15, 0.2) is 12.3 Å². The Hall–Kier alpha value is -0.870. The van der Waals surface area contributed by atoms with Crippen molar-refractivity contribution in [3.8, 4) is 0 Å². The van der Waals surface area contributed by atoms with E-state index in [4.69, 9.17) is 11.6 Å². The topological polar surface area (TPSA) is 28.2 Å². The van der Waals surface area contributed by atoms with E-state index in [0.29, 0.717) is 22.8 Å². The summed E-state index contributed by atoms with van der Waals surface area (Å²) in [5.41, 5.74) is 0. The third kappa shape index (κ3) is 4.05. The molecule has 0 aromatic carbocycles. The van der Waals surface area contributed by atoms with E-state index in [1.54, 1.807) is 0 Å². The summed E-state index contributed by atoms with van der Waals surface area (Å²) < 4.78 is 14.0. The predicted molar refractivity (Wildman–Crippen MR) is 77.3 cm³/mol. The van der Waals surface area contributed by atoms with Gasteiger partial charge in [0.25, 0.3) is 0 Å². The molecule has 0 bridgehead atoms. The van der Waals surface area contributed by atoms with Gasteiger partial charge in [-0.25, -0.2) is 9.37 Å². The Morgan fingerprint density at radius 1 is 1.58 bits per heavy atom. The van der Waals surface area contributed by atoms with Gasteiger partial charge in [-0.15, -0.1) is 0 Å². The highest BCUT2D eigenvalue weighted by Crippen LogP contribution is 2.22. The molecule has 0 spiro atoms. The van der Waals surface area contributed by atoms with Crippen LogP contribution in [-0.4, -0.2) is 30.7 Å². The molecule has 1 aromatic heterocycles. The van der Waals surface area contributed by atoms with Crippen molar-refractivity contribution in [3.05, 3.63) is 23.1 Å². The molecule has 1 saturated heterocycles. The van der Waals surface area contributed by atoms with Crippen LogP contribution < -0.4 is 10.2 Å². The van der Waals surface area contributed by atoms with Crippen LogP contribution in [0.1, 0.15) is 26.7 Å². The Kier molecular flexibility index (Phi) is 4.99. The van der Waals surface area contributed by atoms with Crippen LogP contribution in [0.25, 0.3) is 0 Å². The fourth-order valence-electron chi connectivity index (χ4n) is 2.51. The van der Waals surface area contributed by atoms with E-state index in [-0.39, 0.29) is 5.82 Å². The zero-order valence-electron chi connectivity index (χ0n) is 11.5. The standard InChI is InChI=1S/C14H21ClFN3/c1-10(2)8-19(9-12-4-3-5-17-12)14-13(16)6-11(15)7-18-14/h6-7,10,12,17H,3-5,8-9H2,1-2H3. The van der Waals surface area contributed by atoms with Crippen LogP contribution in [0.3, 0.4) is 0 Å². The molecule has 1 fully saturated rings. The fourth-order valence-corrected chi connectivity index (χ4v) is 2.65. The maximum absolute atomic E-state index is 14.0. The van der Waals surface area contributed by atoms with E-state index < -0.39 is 0 Å². The summed E-state index contributed by atoms with van der Waals surface area (Å²) >= 11 is 5.76. The first-order chi connectivity index (χ1) is 9.06. The van der Waals surface area contributed by atoms with Gasteiger partial charge in [0.1, 0.15) is 0 Å². The maximum Gasteiger partial charge on any atom is 0.167 e. The molecule has 106 valence electrons. The van der Waals surface area contributed by atoms with Crippen LogP contribution >= 0.6 is 11.6 Å². The SMILES string of the molecule is CC(C)CN(CC1CCCN1)c1ncc(Cl)cc1F. The quantitative estimate of drug-likeness (QED) is 0.901. The fraction of sp³-hybridized carbons (Fsp3) is 0.643. The number of hydrogen-bond acceptors (Lipinski definition) is 3. The Balaban J connectivity index is 2.15. The molecule has 0 radical (unpaired) electrons. The lowest BCUT2D eigenvalue weighted by Gasteiger charge is -2.28. The normalized spacial score (nSPS) is 19.1. The Bertz CT molecular complexity index is 419. The van der Waals surface area contributed by atoms with Gasteiger partial charge < -0.3 is 10.2 Å². The number of pyridine rings is 1. The molecule has 5 heteroatoms. The summed E-state index contributed by atoms with van der Waals surface area (Å²) in [6.07, 6.45) is 3.84. The van der Waals surface area contributed by atoms with Gasteiger partial charge >= 0.3 is 0 Å². The van der Waals surface area contributed by atoms with E-state index in [1.165, 1.54) is 18.7 Å². The van der Waals surface area contributed by atoms with E-state index in [1.807, 2.05) is 4.90 Å². The number of aromatic nitrogens is 1. The molecule has 0 saturated carbocycles. The molecule has 3 nitrogen and oxygen atoms in total. The predicted octanol–water partition coefficient (Wildman–Crippen LogP) is 3.09. The molecule has 1 aliphatic heterocycles. The molecular weight excluding hydrogens is 265 g/mol. The lowest BCUT2D eigenvalue weighted by Crippen LogP contribution is -2.40. The van der Waals surface area contributed by atoms with Gasteiger partial charge in [-0.2, -0.15) is 0 Å². The highest BCUT2D eigenvalue weighted by molar-refractivity contribution is 6.30. The molecule has 0 aliphatic carbocycles. The largest absolute Gasteiger partial charge is 0.352 e. The average molecular weight is 286 g/mol. The number of nitrogens with one attached hydrogen (secondary N) is 1. The van der Waals surface area contributed by atoms with Crippen molar-refractivity contribution in [1.82, 2.24) is 10.3 Å². The molecule has 1 aromatic rings. The van der Waals surface area contributed by atoms with E-state index >= 15 is 0 Å². The number of rotatable bonds is 5. The molecule has 2 rings (SSSR count). The highest BCUT2D eigenvalue weighted by Gasteiger charge is 2.21. The van der Waals surface area contributed by atoms with E-state index in [9.17, 15) is 4.39 Å². The summed E-state index contributed by atoms with van der Waals surface area (Å²) in [6, 6.07) is 1.76. The monoisotopic (exact) mass is 285 g/mol. The van der Waals surface area contributed by atoms with Crippen molar-refractivity contribution < 1.29 is 4.39 Å². The Morgan fingerprint density at radius 3 is 2.95 bits per heavy atom. The highest BCUT2D eigenvalue weighted by atomic mass is 35.5. The number of nitrogens with zero attached hydrogens (tertiary/aromatic N) is 2.